The van der Waals surface area contributed by atoms with Crippen molar-refractivity contribution in [2.45, 2.75) is 13.8 Å². The Morgan fingerprint density at radius 2 is 0.933 bits per heavy atom. The van der Waals surface area contributed by atoms with Gasteiger partial charge in [-0.15, -0.1) is 11.3 Å². The quantitative estimate of drug-likeness (QED) is 0.174. The van der Waals surface area contributed by atoms with E-state index < -0.39 is 0 Å². The van der Waals surface area contributed by atoms with Gasteiger partial charge in [-0.1, -0.05) is 184 Å². The smallest absolute Gasteiger partial charge is 0.235 e. The molecule has 0 saturated heterocycles. The van der Waals surface area contributed by atoms with Gasteiger partial charge in [-0.3, -0.25) is 4.57 Å². The molecule has 0 fully saturated rings. The Morgan fingerprint density at radius 1 is 0.367 bits per heavy atom. The Labute approximate surface area is 352 Å². The zero-order chi connectivity index (χ0) is 40.2. The van der Waals surface area contributed by atoms with Crippen molar-refractivity contribution in [2.75, 3.05) is 0 Å². The van der Waals surface area contributed by atoms with Gasteiger partial charge in [-0.2, -0.15) is 0 Å². The summed E-state index contributed by atoms with van der Waals surface area (Å²) in [5, 5.41) is 8.36. The molecule has 0 unspecified atom stereocenters. The van der Waals surface area contributed by atoms with E-state index in [1.165, 1.54) is 64.0 Å². The molecule has 0 aliphatic heterocycles. The molecule has 0 aliphatic carbocycles. The summed E-state index contributed by atoms with van der Waals surface area (Å²) in [7, 11) is 0. The summed E-state index contributed by atoms with van der Waals surface area (Å²) in [6.45, 7) is 4.00. The summed E-state index contributed by atoms with van der Waals surface area (Å²) in [4.78, 5) is 10.8. The van der Waals surface area contributed by atoms with Crippen LogP contribution in [0, 0.1) is 0 Å². The number of rotatable bonds is 5. The first kappa shape index (κ1) is 35.7. The summed E-state index contributed by atoms with van der Waals surface area (Å²) in [6, 6.07) is 72.1. The number of para-hydroxylation sites is 2. The van der Waals surface area contributed by atoms with Gasteiger partial charge in [0.15, 0.2) is 0 Å². The molecule has 60 heavy (non-hydrogen) atoms. The van der Waals surface area contributed by atoms with Crippen molar-refractivity contribution in [3.05, 3.63) is 200 Å². The van der Waals surface area contributed by atoms with Crippen LogP contribution in [0.2, 0.25) is 0 Å². The molecule has 0 amide bonds. The second-order valence-electron chi connectivity index (χ2n) is 14.9. The maximum Gasteiger partial charge on any atom is 0.235 e. The van der Waals surface area contributed by atoms with Crippen LogP contribution in [0.5, 0.6) is 0 Å². The van der Waals surface area contributed by atoms with Crippen LogP contribution in [0.15, 0.2) is 200 Å². The van der Waals surface area contributed by atoms with E-state index >= 15 is 0 Å². The van der Waals surface area contributed by atoms with Crippen LogP contribution in [0.25, 0.3) is 114 Å². The molecule has 12 rings (SSSR count). The lowest BCUT2D eigenvalue weighted by Crippen LogP contribution is -2.04. The van der Waals surface area contributed by atoms with Crippen molar-refractivity contribution in [3.8, 4) is 50.6 Å². The summed E-state index contributed by atoms with van der Waals surface area (Å²) in [5.74, 6) is 0.654. The standard InChI is InChI=1S/C54H33N3S.C2H6/c1-2-14-35(15-3-1)51-47-22-6-8-25-48(47)55-54(56-51)57-52-41-20-5-4-13-34(41)27-30-46(52)45-24-12-23-42(53(45)57)40-19-11-18-38(32-40)36-16-10-17-37(31-36)39-28-29-44-43-21-7-9-26-49(43)58-50(44)33-39;1-2/h1-33H;1-2H3. The lowest BCUT2D eigenvalue weighted by Gasteiger charge is -2.15. The second-order valence-corrected chi connectivity index (χ2v) is 16.0. The molecule has 3 heterocycles. The van der Waals surface area contributed by atoms with E-state index in [4.69, 9.17) is 9.97 Å². The van der Waals surface area contributed by atoms with Gasteiger partial charge in [0.2, 0.25) is 5.95 Å². The zero-order valence-corrected chi connectivity index (χ0v) is 34.1. The van der Waals surface area contributed by atoms with E-state index in [2.05, 4.69) is 205 Å². The average Bonchev–Trinajstić information content (AvgIpc) is 3.88. The Bertz CT molecular complexity index is 3580. The molecule has 0 bridgehead atoms. The van der Waals surface area contributed by atoms with Crippen LogP contribution in [-0.2, 0) is 0 Å². The minimum Gasteiger partial charge on any atom is -0.277 e. The third-order valence-corrected chi connectivity index (χ3v) is 12.7. The fraction of sp³-hybridized carbons (Fsp3) is 0.0357. The largest absolute Gasteiger partial charge is 0.277 e. The molecular weight excluding hydrogens is 747 g/mol. The molecular formula is C56H39N3S. The lowest BCUT2D eigenvalue weighted by molar-refractivity contribution is 1.02. The molecule has 0 saturated carbocycles. The van der Waals surface area contributed by atoms with Gasteiger partial charge in [-0.25, -0.2) is 9.97 Å². The minimum absolute atomic E-state index is 0.654. The van der Waals surface area contributed by atoms with E-state index in [1.54, 1.807) is 0 Å². The first-order valence-electron chi connectivity index (χ1n) is 20.7. The Morgan fingerprint density at radius 3 is 1.75 bits per heavy atom. The van der Waals surface area contributed by atoms with E-state index in [0.717, 1.165) is 44.3 Å². The van der Waals surface area contributed by atoms with Crippen molar-refractivity contribution in [1.29, 1.82) is 0 Å². The first-order valence-corrected chi connectivity index (χ1v) is 21.5. The van der Waals surface area contributed by atoms with Crippen molar-refractivity contribution in [3.63, 3.8) is 0 Å². The van der Waals surface area contributed by atoms with Gasteiger partial charge in [-0.05, 0) is 63.5 Å². The molecule has 3 nitrogen and oxygen atoms in total. The molecule has 0 N–H and O–H groups in total. The number of hydrogen-bond acceptors (Lipinski definition) is 3. The highest BCUT2D eigenvalue weighted by Gasteiger charge is 2.22. The van der Waals surface area contributed by atoms with Crippen molar-refractivity contribution < 1.29 is 0 Å². The van der Waals surface area contributed by atoms with Crippen molar-refractivity contribution in [2.24, 2.45) is 0 Å². The van der Waals surface area contributed by atoms with Crippen LogP contribution in [0.1, 0.15) is 13.8 Å². The molecule has 12 aromatic rings. The van der Waals surface area contributed by atoms with Gasteiger partial charge < -0.3 is 0 Å². The van der Waals surface area contributed by atoms with Crippen molar-refractivity contribution >= 4 is 75.0 Å². The van der Waals surface area contributed by atoms with Crippen LogP contribution >= 0.6 is 11.3 Å². The number of hydrogen-bond donors (Lipinski definition) is 0. The first-order chi connectivity index (χ1) is 29.7. The normalized spacial score (nSPS) is 11.5. The van der Waals surface area contributed by atoms with Crippen LogP contribution in [0.4, 0.5) is 0 Å². The minimum atomic E-state index is 0.654. The second kappa shape index (κ2) is 14.8. The van der Waals surface area contributed by atoms with Crippen LogP contribution in [-0.4, -0.2) is 14.5 Å². The van der Waals surface area contributed by atoms with E-state index in [0.29, 0.717) is 5.95 Å². The van der Waals surface area contributed by atoms with E-state index in [1.807, 2.05) is 25.2 Å². The summed E-state index contributed by atoms with van der Waals surface area (Å²) < 4.78 is 4.96. The monoisotopic (exact) mass is 785 g/mol. The molecule has 0 aliphatic rings. The van der Waals surface area contributed by atoms with E-state index in [-0.39, 0.29) is 0 Å². The molecule has 0 radical (unpaired) electrons. The third-order valence-electron chi connectivity index (χ3n) is 11.6. The van der Waals surface area contributed by atoms with Gasteiger partial charge in [0, 0.05) is 52.8 Å². The summed E-state index contributed by atoms with van der Waals surface area (Å²) in [5.41, 5.74) is 12.1. The number of benzene rings is 9. The van der Waals surface area contributed by atoms with Gasteiger partial charge >= 0.3 is 0 Å². The number of nitrogens with zero attached hydrogens (tertiary/aromatic N) is 3. The molecule has 284 valence electrons. The number of aromatic nitrogens is 3. The molecule has 9 aromatic carbocycles. The highest BCUT2D eigenvalue weighted by Crippen LogP contribution is 2.42. The molecule has 0 spiro atoms. The third kappa shape index (κ3) is 5.87. The fourth-order valence-electron chi connectivity index (χ4n) is 8.89. The van der Waals surface area contributed by atoms with Crippen molar-refractivity contribution in [1.82, 2.24) is 14.5 Å². The van der Waals surface area contributed by atoms with Gasteiger partial charge in [0.1, 0.15) is 0 Å². The fourth-order valence-corrected chi connectivity index (χ4v) is 10.0. The SMILES string of the molecule is CC.c1ccc(-c2nc(-n3c4c(-c5cccc(-c6cccc(-c7ccc8c(c7)sc7ccccc78)c6)c5)cccc4c4ccc5ccccc5c43)nc3ccccc23)cc1. The lowest BCUT2D eigenvalue weighted by atomic mass is 9.95. The maximum absolute atomic E-state index is 5.44. The summed E-state index contributed by atoms with van der Waals surface area (Å²) in [6.07, 6.45) is 0. The van der Waals surface area contributed by atoms with Gasteiger partial charge in [0.25, 0.3) is 0 Å². The topological polar surface area (TPSA) is 30.7 Å². The predicted molar refractivity (Wildman–Crippen MR) is 257 cm³/mol. The molecule has 0 atom stereocenters. The Hall–Kier alpha value is -7.40. The van der Waals surface area contributed by atoms with Crippen LogP contribution < -0.4 is 0 Å². The zero-order valence-electron chi connectivity index (χ0n) is 33.3. The van der Waals surface area contributed by atoms with E-state index in [9.17, 15) is 0 Å². The molecule has 3 aromatic heterocycles. The highest BCUT2D eigenvalue weighted by molar-refractivity contribution is 7.25. The summed E-state index contributed by atoms with van der Waals surface area (Å²) >= 11 is 1.86. The van der Waals surface area contributed by atoms with Crippen LogP contribution in [0.3, 0.4) is 0 Å². The Balaban J connectivity index is 0.00000201. The average molecular weight is 786 g/mol. The van der Waals surface area contributed by atoms with Gasteiger partial charge in [0.05, 0.1) is 22.2 Å². The molecule has 4 heteroatoms. The number of thiophene rings is 1. The predicted octanol–water partition coefficient (Wildman–Crippen LogP) is 15.9. The Kier molecular flexibility index (Phi) is 8.79. The number of fused-ring (bicyclic) bond motifs is 9. The maximum atomic E-state index is 5.44. The highest BCUT2D eigenvalue weighted by atomic mass is 32.1.